The van der Waals surface area contributed by atoms with Crippen molar-refractivity contribution in [2.45, 2.75) is 32.1 Å². The lowest BCUT2D eigenvalue weighted by Crippen LogP contribution is -2.44. The average molecular weight is 488 g/mol. The van der Waals surface area contributed by atoms with Crippen LogP contribution in [0, 0.1) is 5.41 Å². The third kappa shape index (κ3) is 5.60. The van der Waals surface area contributed by atoms with Gasteiger partial charge in [0.1, 0.15) is 5.76 Å². The second kappa shape index (κ2) is 10.1. The second-order valence-corrected chi connectivity index (χ2v) is 7.94. The minimum Gasteiger partial charge on any atom is -0.469 e. The lowest BCUT2D eigenvalue weighted by molar-refractivity contribution is 0.0394. The topological polar surface area (TPSA) is 53.2 Å². The van der Waals surface area contributed by atoms with E-state index >= 15 is 0 Å². The molecule has 1 aromatic heterocycles. The van der Waals surface area contributed by atoms with Crippen LogP contribution in [0.5, 0.6) is 0 Å². The van der Waals surface area contributed by atoms with Crippen LogP contribution in [0.3, 0.4) is 0 Å². The molecule has 1 aromatic rings. The predicted molar refractivity (Wildman–Crippen MR) is 118 cm³/mol. The van der Waals surface area contributed by atoms with Crippen LogP contribution in [-0.4, -0.2) is 74.8 Å². The van der Waals surface area contributed by atoms with E-state index in [-0.39, 0.29) is 24.0 Å². The van der Waals surface area contributed by atoms with Gasteiger partial charge in [0.25, 0.3) is 0 Å². The highest BCUT2D eigenvalue weighted by atomic mass is 127. The molecule has 1 N–H and O–H groups in total. The van der Waals surface area contributed by atoms with Crippen molar-refractivity contribution in [3.05, 3.63) is 24.2 Å². The summed E-state index contributed by atoms with van der Waals surface area (Å²) in [5.41, 5.74) is 0.591. The van der Waals surface area contributed by atoms with Crippen molar-refractivity contribution >= 4 is 29.9 Å². The number of likely N-dealkylation sites (tertiary alicyclic amines) is 1. The Kier molecular flexibility index (Phi) is 7.84. The first-order valence-electron chi connectivity index (χ1n) is 10.2. The van der Waals surface area contributed by atoms with Gasteiger partial charge >= 0.3 is 0 Å². The van der Waals surface area contributed by atoms with Gasteiger partial charge in [-0.2, -0.15) is 0 Å². The second-order valence-electron chi connectivity index (χ2n) is 7.94. The first-order chi connectivity index (χ1) is 12.8. The number of rotatable bonds is 6. The standard InChI is InChI=1S/C20H32N4O2.HI/c1-3-18(26-14-1)4-8-21-19(22-9-11-23-12-15-25-16-13-23)24-10-7-20(17-24)5-2-6-20;/h1,3,14H,2,4-13,15-17H2,(H,21,22);1H. The first kappa shape index (κ1) is 20.9. The molecule has 152 valence electrons. The van der Waals surface area contributed by atoms with Gasteiger partial charge in [0.05, 0.1) is 26.0 Å². The summed E-state index contributed by atoms with van der Waals surface area (Å²) >= 11 is 0. The Morgan fingerprint density at radius 2 is 2.04 bits per heavy atom. The van der Waals surface area contributed by atoms with E-state index in [0.717, 1.165) is 70.6 Å². The predicted octanol–water partition coefficient (Wildman–Crippen LogP) is 2.59. The molecule has 0 aromatic carbocycles. The maximum atomic E-state index is 5.45. The molecular formula is C20H33IN4O2. The third-order valence-electron chi connectivity index (χ3n) is 6.17. The number of hydrogen-bond acceptors (Lipinski definition) is 4. The highest BCUT2D eigenvalue weighted by Crippen LogP contribution is 2.47. The van der Waals surface area contributed by atoms with E-state index in [1.807, 2.05) is 12.1 Å². The Hall–Kier alpha value is -0.800. The summed E-state index contributed by atoms with van der Waals surface area (Å²) < 4.78 is 10.9. The summed E-state index contributed by atoms with van der Waals surface area (Å²) in [6.07, 6.45) is 8.18. The van der Waals surface area contributed by atoms with Gasteiger partial charge in [0, 0.05) is 45.7 Å². The van der Waals surface area contributed by atoms with Crippen LogP contribution in [0.1, 0.15) is 31.4 Å². The molecule has 3 fully saturated rings. The van der Waals surface area contributed by atoms with Crippen molar-refractivity contribution in [2.24, 2.45) is 10.4 Å². The molecule has 7 heteroatoms. The molecule has 1 saturated carbocycles. The van der Waals surface area contributed by atoms with Gasteiger partial charge in [0.2, 0.25) is 0 Å². The zero-order valence-corrected chi connectivity index (χ0v) is 18.5. The van der Waals surface area contributed by atoms with Crippen molar-refractivity contribution in [3.8, 4) is 0 Å². The lowest BCUT2D eigenvalue weighted by atomic mass is 9.68. The van der Waals surface area contributed by atoms with E-state index in [2.05, 4.69) is 15.1 Å². The molecule has 0 unspecified atom stereocenters. The summed E-state index contributed by atoms with van der Waals surface area (Å²) in [7, 11) is 0. The average Bonchev–Trinajstić information content (AvgIpc) is 3.31. The van der Waals surface area contributed by atoms with E-state index in [1.165, 1.54) is 32.2 Å². The molecule has 6 nitrogen and oxygen atoms in total. The van der Waals surface area contributed by atoms with Crippen LogP contribution < -0.4 is 5.32 Å². The van der Waals surface area contributed by atoms with Crippen molar-refractivity contribution < 1.29 is 9.15 Å². The maximum absolute atomic E-state index is 5.45. The number of guanidine groups is 1. The summed E-state index contributed by atoms with van der Waals surface area (Å²) in [6.45, 7) is 8.83. The molecule has 1 spiro atoms. The van der Waals surface area contributed by atoms with E-state index in [0.29, 0.717) is 5.41 Å². The largest absolute Gasteiger partial charge is 0.469 e. The van der Waals surface area contributed by atoms with Crippen LogP contribution >= 0.6 is 24.0 Å². The summed E-state index contributed by atoms with van der Waals surface area (Å²) in [5.74, 6) is 2.12. The van der Waals surface area contributed by atoms with Crippen molar-refractivity contribution in [3.63, 3.8) is 0 Å². The Morgan fingerprint density at radius 1 is 1.19 bits per heavy atom. The molecule has 2 saturated heterocycles. The Labute approximate surface area is 179 Å². The van der Waals surface area contributed by atoms with Crippen LogP contribution in [0.25, 0.3) is 0 Å². The smallest absolute Gasteiger partial charge is 0.194 e. The van der Waals surface area contributed by atoms with Gasteiger partial charge in [-0.05, 0) is 36.8 Å². The fourth-order valence-corrected chi connectivity index (χ4v) is 4.34. The quantitative estimate of drug-likeness (QED) is 0.379. The van der Waals surface area contributed by atoms with Crippen LogP contribution in [0.2, 0.25) is 0 Å². The number of nitrogens with zero attached hydrogens (tertiary/aromatic N) is 3. The van der Waals surface area contributed by atoms with Crippen molar-refractivity contribution in [1.82, 2.24) is 15.1 Å². The van der Waals surface area contributed by atoms with Gasteiger partial charge in [-0.3, -0.25) is 9.89 Å². The molecule has 0 bridgehead atoms. The number of hydrogen-bond donors (Lipinski definition) is 1. The number of aliphatic imine (C=N–C) groups is 1. The fraction of sp³-hybridized carbons (Fsp3) is 0.750. The maximum Gasteiger partial charge on any atom is 0.194 e. The number of halogens is 1. The summed E-state index contributed by atoms with van der Waals surface area (Å²) in [6, 6.07) is 3.99. The molecule has 0 atom stereocenters. The van der Waals surface area contributed by atoms with Crippen molar-refractivity contribution in [1.29, 1.82) is 0 Å². The first-order valence-corrected chi connectivity index (χ1v) is 10.2. The van der Waals surface area contributed by atoms with Gasteiger partial charge in [0.15, 0.2) is 5.96 Å². The molecule has 0 amide bonds. The monoisotopic (exact) mass is 488 g/mol. The van der Waals surface area contributed by atoms with Crippen LogP contribution in [0.4, 0.5) is 0 Å². The number of nitrogens with one attached hydrogen (secondary N) is 1. The molecule has 0 radical (unpaired) electrons. The molecule has 1 aliphatic carbocycles. The normalized spacial score (nSPS) is 22.5. The Balaban J connectivity index is 0.00000210. The number of ether oxygens (including phenoxy) is 1. The van der Waals surface area contributed by atoms with Crippen LogP contribution in [-0.2, 0) is 11.2 Å². The lowest BCUT2D eigenvalue weighted by Gasteiger charge is -2.38. The Bertz CT molecular complexity index is 583. The zero-order chi connectivity index (χ0) is 17.7. The van der Waals surface area contributed by atoms with Gasteiger partial charge in [-0.25, -0.2) is 0 Å². The summed E-state index contributed by atoms with van der Waals surface area (Å²) in [5, 5.41) is 3.60. The van der Waals surface area contributed by atoms with Gasteiger partial charge < -0.3 is 19.4 Å². The molecule has 4 rings (SSSR count). The molecule has 2 aliphatic heterocycles. The van der Waals surface area contributed by atoms with E-state index in [1.54, 1.807) is 6.26 Å². The molecule has 3 aliphatic rings. The molecular weight excluding hydrogens is 455 g/mol. The van der Waals surface area contributed by atoms with E-state index < -0.39 is 0 Å². The fourth-order valence-electron chi connectivity index (χ4n) is 4.34. The zero-order valence-electron chi connectivity index (χ0n) is 16.2. The van der Waals surface area contributed by atoms with Gasteiger partial charge in [-0.1, -0.05) is 6.42 Å². The van der Waals surface area contributed by atoms with Crippen LogP contribution in [0.15, 0.2) is 27.8 Å². The number of furan rings is 1. The van der Waals surface area contributed by atoms with E-state index in [4.69, 9.17) is 14.1 Å². The summed E-state index contributed by atoms with van der Waals surface area (Å²) in [4.78, 5) is 9.90. The van der Waals surface area contributed by atoms with Crippen molar-refractivity contribution in [2.75, 3.05) is 59.0 Å². The Morgan fingerprint density at radius 3 is 2.70 bits per heavy atom. The molecule has 27 heavy (non-hydrogen) atoms. The minimum absolute atomic E-state index is 0. The minimum atomic E-state index is 0. The highest BCUT2D eigenvalue weighted by Gasteiger charge is 2.43. The van der Waals surface area contributed by atoms with E-state index in [9.17, 15) is 0 Å². The third-order valence-corrected chi connectivity index (χ3v) is 6.17. The number of morpholine rings is 1. The molecule has 3 heterocycles. The SMILES string of the molecule is I.c1coc(CCNC(=NCCN2CCOCC2)N2CCC3(CCC3)C2)c1. The van der Waals surface area contributed by atoms with Gasteiger partial charge in [-0.15, -0.1) is 24.0 Å². The highest BCUT2D eigenvalue weighted by molar-refractivity contribution is 14.0.